The minimum Gasteiger partial charge on any atom is -0.497 e. The summed E-state index contributed by atoms with van der Waals surface area (Å²) in [4.78, 5) is 17.9. The molecule has 0 fully saturated rings. The van der Waals surface area contributed by atoms with Gasteiger partial charge in [0.2, 0.25) is 0 Å². The number of carboxylic acid groups (broad SMARTS) is 1. The molecule has 4 aromatic rings. The molecular weight excluding hydrogens is 448 g/mol. The monoisotopic (exact) mass is 474 g/mol. The zero-order chi connectivity index (χ0) is 25.1. The van der Waals surface area contributed by atoms with Crippen molar-refractivity contribution in [3.05, 3.63) is 71.9 Å². The first-order valence-corrected chi connectivity index (χ1v) is 10.8. The molecule has 0 saturated carbocycles. The summed E-state index contributed by atoms with van der Waals surface area (Å²) < 4.78 is 22.4. The number of aryl methyl sites for hydroxylation is 2. The molecule has 8 heteroatoms. The van der Waals surface area contributed by atoms with Crippen LogP contribution in [0.2, 0.25) is 0 Å². The summed E-state index contributed by atoms with van der Waals surface area (Å²) >= 11 is 0. The lowest BCUT2D eigenvalue weighted by atomic mass is 10.1. The molecule has 3 aromatic carbocycles. The van der Waals surface area contributed by atoms with Crippen molar-refractivity contribution in [1.82, 2.24) is 4.98 Å². The third-order valence-electron chi connectivity index (χ3n) is 5.66. The van der Waals surface area contributed by atoms with E-state index < -0.39 is 6.09 Å². The second-order valence-corrected chi connectivity index (χ2v) is 7.86. The van der Waals surface area contributed by atoms with Crippen LogP contribution in [0, 0.1) is 13.8 Å². The van der Waals surface area contributed by atoms with E-state index in [2.05, 4.69) is 4.98 Å². The number of pyridine rings is 1. The van der Waals surface area contributed by atoms with Crippen LogP contribution in [0.4, 0.5) is 16.2 Å². The predicted molar refractivity (Wildman–Crippen MR) is 134 cm³/mol. The summed E-state index contributed by atoms with van der Waals surface area (Å²) in [5.74, 6) is 2.90. The number of carbonyl (C=O) groups is 1. The van der Waals surface area contributed by atoms with E-state index in [4.69, 9.17) is 18.9 Å². The molecule has 0 aliphatic heterocycles. The van der Waals surface area contributed by atoms with Gasteiger partial charge in [0.15, 0.2) is 11.5 Å². The van der Waals surface area contributed by atoms with Crippen LogP contribution in [0.25, 0.3) is 10.9 Å². The fraction of sp³-hybridized carbons (Fsp3) is 0.185. The van der Waals surface area contributed by atoms with Gasteiger partial charge in [-0.05, 0) is 61.4 Å². The molecule has 8 nitrogen and oxygen atoms in total. The molecule has 1 amide bonds. The molecule has 0 spiro atoms. The van der Waals surface area contributed by atoms with Gasteiger partial charge in [0.25, 0.3) is 0 Å². The zero-order valence-electron chi connectivity index (χ0n) is 20.2. The Morgan fingerprint density at radius 2 is 1.57 bits per heavy atom. The van der Waals surface area contributed by atoms with Crippen LogP contribution in [0.1, 0.15) is 11.1 Å². The maximum Gasteiger partial charge on any atom is 0.416 e. The van der Waals surface area contributed by atoms with Crippen molar-refractivity contribution in [1.29, 1.82) is 0 Å². The molecule has 0 atom stereocenters. The number of amides is 1. The Labute approximate surface area is 203 Å². The van der Waals surface area contributed by atoms with Crippen molar-refractivity contribution in [2.75, 3.05) is 26.2 Å². The topological polar surface area (TPSA) is 90.4 Å². The van der Waals surface area contributed by atoms with E-state index in [0.717, 1.165) is 16.5 Å². The van der Waals surface area contributed by atoms with Crippen LogP contribution in [0.3, 0.4) is 0 Å². The number of rotatable bonds is 7. The minimum absolute atomic E-state index is 0.481. The number of methoxy groups -OCH3 is 3. The maximum absolute atomic E-state index is 12.2. The van der Waals surface area contributed by atoms with Crippen molar-refractivity contribution in [3.8, 4) is 28.7 Å². The van der Waals surface area contributed by atoms with Gasteiger partial charge >= 0.3 is 6.09 Å². The Morgan fingerprint density at radius 1 is 0.829 bits per heavy atom. The van der Waals surface area contributed by atoms with Gasteiger partial charge in [0.1, 0.15) is 17.2 Å². The minimum atomic E-state index is -1.10. The SMILES string of the molecule is COc1cccc(N(C(=O)O)c2cc(C)c(Oc3ccnc4cc(OC)c(OC)cc34)cc2C)c1. The van der Waals surface area contributed by atoms with Gasteiger partial charge in [0.05, 0.1) is 38.2 Å². The molecule has 0 aliphatic carbocycles. The van der Waals surface area contributed by atoms with Crippen LogP contribution >= 0.6 is 0 Å². The molecule has 0 bridgehead atoms. The van der Waals surface area contributed by atoms with Crippen molar-refractivity contribution in [2.24, 2.45) is 0 Å². The predicted octanol–water partition coefficient (Wildman–Crippen LogP) is 6.49. The molecule has 1 heterocycles. The van der Waals surface area contributed by atoms with E-state index in [1.54, 1.807) is 70.0 Å². The van der Waals surface area contributed by atoms with Gasteiger partial charge in [-0.15, -0.1) is 0 Å². The average molecular weight is 475 g/mol. The van der Waals surface area contributed by atoms with Crippen LogP contribution in [-0.2, 0) is 0 Å². The molecule has 0 unspecified atom stereocenters. The Kier molecular flexibility index (Phi) is 6.64. The number of anilines is 2. The Morgan fingerprint density at radius 3 is 2.26 bits per heavy atom. The second-order valence-electron chi connectivity index (χ2n) is 7.86. The summed E-state index contributed by atoms with van der Waals surface area (Å²) in [7, 11) is 4.69. The highest BCUT2D eigenvalue weighted by molar-refractivity contribution is 5.96. The highest BCUT2D eigenvalue weighted by atomic mass is 16.5. The quantitative estimate of drug-likeness (QED) is 0.327. The van der Waals surface area contributed by atoms with Gasteiger partial charge in [-0.3, -0.25) is 4.98 Å². The zero-order valence-corrected chi connectivity index (χ0v) is 20.2. The summed E-state index contributed by atoms with van der Waals surface area (Å²) in [6.45, 7) is 3.72. The highest BCUT2D eigenvalue weighted by Gasteiger charge is 2.21. The molecule has 0 radical (unpaired) electrons. The van der Waals surface area contributed by atoms with Gasteiger partial charge in [-0.2, -0.15) is 0 Å². The number of aromatic nitrogens is 1. The third-order valence-corrected chi connectivity index (χ3v) is 5.66. The standard InChI is InChI=1S/C27H26N2O6/c1-16-12-24(35-23-9-10-28-21-15-26(34-5)25(33-4)14-20(21)23)17(2)11-22(16)29(27(30)31)18-7-6-8-19(13-18)32-3/h6-15H,1-5H3,(H,30,31). The molecule has 1 aromatic heterocycles. The fourth-order valence-electron chi connectivity index (χ4n) is 3.88. The first-order valence-electron chi connectivity index (χ1n) is 10.8. The number of fused-ring (bicyclic) bond motifs is 1. The van der Waals surface area contributed by atoms with Gasteiger partial charge in [-0.1, -0.05) is 6.07 Å². The van der Waals surface area contributed by atoms with Crippen molar-refractivity contribution in [2.45, 2.75) is 13.8 Å². The lowest BCUT2D eigenvalue weighted by Gasteiger charge is -2.23. The first kappa shape index (κ1) is 23.7. The maximum atomic E-state index is 12.2. The Hall–Kier alpha value is -4.46. The summed E-state index contributed by atoms with van der Waals surface area (Å²) in [5.41, 5.74) is 3.20. The van der Waals surface area contributed by atoms with Crippen LogP contribution < -0.4 is 23.8 Å². The van der Waals surface area contributed by atoms with Gasteiger partial charge in [-0.25, -0.2) is 9.69 Å². The van der Waals surface area contributed by atoms with E-state index >= 15 is 0 Å². The first-order chi connectivity index (χ1) is 16.9. The molecule has 4 rings (SSSR count). The summed E-state index contributed by atoms with van der Waals surface area (Å²) in [6.07, 6.45) is 0.560. The Balaban J connectivity index is 1.75. The van der Waals surface area contributed by atoms with Gasteiger partial charge < -0.3 is 24.1 Å². The average Bonchev–Trinajstić information content (AvgIpc) is 2.86. The van der Waals surface area contributed by atoms with Gasteiger partial charge in [0, 0.05) is 23.7 Å². The van der Waals surface area contributed by atoms with E-state index in [1.807, 2.05) is 26.0 Å². The lowest BCUT2D eigenvalue weighted by Crippen LogP contribution is -2.24. The number of nitrogens with zero attached hydrogens (tertiary/aromatic N) is 2. The van der Waals surface area contributed by atoms with Crippen molar-refractivity contribution in [3.63, 3.8) is 0 Å². The van der Waals surface area contributed by atoms with Crippen molar-refractivity contribution >= 4 is 28.4 Å². The molecule has 0 saturated heterocycles. The highest BCUT2D eigenvalue weighted by Crippen LogP contribution is 2.40. The second kappa shape index (κ2) is 9.80. The molecular formula is C27H26N2O6. The van der Waals surface area contributed by atoms with E-state index in [9.17, 15) is 9.90 Å². The summed E-state index contributed by atoms with van der Waals surface area (Å²) in [5, 5.41) is 10.8. The van der Waals surface area contributed by atoms with Crippen LogP contribution in [0.5, 0.6) is 28.7 Å². The molecule has 180 valence electrons. The fourth-order valence-corrected chi connectivity index (χ4v) is 3.88. The molecule has 35 heavy (non-hydrogen) atoms. The smallest absolute Gasteiger partial charge is 0.416 e. The number of hydrogen-bond donors (Lipinski definition) is 1. The van der Waals surface area contributed by atoms with E-state index in [1.165, 1.54) is 4.90 Å². The number of hydrogen-bond acceptors (Lipinski definition) is 6. The number of ether oxygens (including phenoxy) is 4. The molecule has 1 N–H and O–H groups in total. The van der Waals surface area contributed by atoms with Crippen molar-refractivity contribution < 1.29 is 28.8 Å². The van der Waals surface area contributed by atoms with E-state index in [0.29, 0.717) is 45.6 Å². The van der Waals surface area contributed by atoms with E-state index in [-0.39, 0.29) is 0 Å². The Bertz CT molecular complexity index is 1400. The van der Waals surface area contributed by atoms with Crippen LogP contribution in [0.15, 0.2) is 60.8 Å². The lowest BCUT2D eigenvalue weighted by molar-refractivity contribution is 0.204. The largest absolute Gasteiger partial charge is 0.497 e. The molecule has 0 aliphatic rings. The van der Waals surface area contributed by atoms with Crippen LogP contribution in [-0.4, -0.2) is 37.5 Å². The third kappa shape index (κ3) is 4.63. The number of benzene rings is 3. The summed E-state index contributed by atoms with van der Waals surface area (Å²) in [6, 6.07) is 15.9. The normalized spacial score (nSPS) is 10.7.